The van der Waals surface area contributed by atoms with Gasteiger partial charge in [-0.05, 0) is 62.1 Å². The fourth-order valence-electron chi connectivity index (χ4n) is 2.83. The summed E-state index contributed by atoms with van der Waals surface area (Å²) in [7, 11) is 0. The zero-order chi connectivity index (χ0) is 12.3. The van der Waals surface area contributed by atoms with E-state index in [4.69, 9.17) is 4.74 Å². The number of hydrogen-bond donors (Lipinski definition) is 1. The fraction of sp³-hybridized carbons (Fsp3) is 0.625. The Hall–Kier alpha value is -1.02. The van der Waals surface area contributed by atoms with Gasteiger partial charge in [0.05, 0.1) is 6.61 Å². The molecule has 2 nitrogen and oxygen atoms in total. The Bertz CT molecular complexity index is 368. The minimum Gasteiger partial charge on any atom is -0.494 e. The summed E-state index contributed by atoms with van der Waals surface area (Å²) >= 11 is 0. The molecule has 18 heavy (non-hydrogen) atoms. The van der Waals surface area contributed by atoms with Gasteiger partial charge in [0, 0.05) is 6.54 Å². The normalized spacial score (nSPS) is 20.7. The molecule has 0 spiro atoms. The molecule has 0 bridgehead atoms. The van der Waals surface area contributed by atoms with Gasteiger partial charge in [-0.1, -0.05) is 18.2 Å². The van der Waals surface area contributed by atoms with Gasteiger partial charge in [0.15, 0.2) is 0 Å². The maximum atomic E-state index is 5.67. The third-order valence-electron chi connectivity index (χ3n) is 4.32. The van der Waals surface area contributed by atoms with E-state index < -0.39 is 0 Å². The maximum Gasteiger partial charge on any atom is 0.119 e. The lowest BCUT2D eigenvalue weighted by Crippen LogP contribution is -2.27. The van der Waals surface area contributed by atoms with E-state index in [0.717, 1.165) is 36.7 Å². The summed E-state index contributed by atoms with van der Waals surface area (Å²) in [5.41, 5.74) is 0.723. The third kappa shape index (κ3) is 3.05. The van der Waals surface area contributed by atoms with Gasteiger partial charge in [-0.3, -0.25) is 0 Å². The highest BCUT2D eigenvalue weighted by atomic mass is 16.5. The van der Waals surface area contributed by atoms with Crippen molar-refractivity contribution >= 4 is 0 Å². The molecule has 0 aliphatic heterocycles. The van der Waals surface area contributed by atoms with E-state index >= 15 is 0 Å². The third-order valence-corrected chi connectivity index (χ3v) is 4.32. The predicted octanol–water partition coefficient (Wildman–Crippen LogP) is 3.24. The highest BCUT2D eigenvalue weighted by molar-refractivity contribution is 5.20. The zero-order valence-corrected chi connectivity index (χ0v) is 11.0. The van der Waals surface area contributed by atoms with Crippen molar-refractivity contribution in [2.45, 2.75) is 32.1 Å². The Morgan fingerprint density at radius 1 is 1.17 bits per heavy atom. The van der Waals surface area contributed by atoms with Crippen molar-refractivity contribution in [2.24, 2.45) is 11.3 Å². The van der Waals surface area contributed by atoms with E-state index in [1.165, 1.54) is 32.2 Å². The lowest BCUT2D eigenvalue weighted by molar-refractivity contribution is 0.303. The summed E-state index contributed by atoms with van der Waals surface area (Å²) in [6.45, 7) is 3.14. The second-order valence-corrected chi connectivity index (χ2v) is 5.83. The SMILES string of the molecule is c1ccc(OCCCNCC2(C3CC3)CC2)cc1. The molecule has 0 atom stereocenters. The van der Waals surface area contributed by atoms with Crippen molar-refractivity contribution in [3.63, 3.8) is 0 Å². The molecule has 2 heteroatoms. The standard InChI is InChI=1S/C16H23NO/c1-2-5-15(6-3-1)18-12-4-11-17-13-16(9-10-16)14-7-8-14/h1-3,5-6,14,17H,4,7-13H2. The second kappa shape index (κ2) is 5.31. The van der Waals surface area contributed by atoms with Gasteiger partial charge >= 0.3 is 0 Å². The van der Waals surface area contributed by atoms with Crippen molar-refractivity contribution in [3.8, 4) is 5.75 Å². The Morgan fingerprint density at radius 2 is 1.94 bits per heavy atom. The van der Waals surface area contributed by atoms with Crippen LogP contribution in [-0.2, 0) is 0 Å². The molecule has 2 fully saturated rings. The number of rotatable bonds is 8. The van der Waals surface area contributed by atoms with Gasteiger partial charge in [-0.2, -0.15) is 0 Å². The lowest BCUT2D eigenvalue weighted by atomic mass is 10.0. The molecule has 3 rings (SSSR count). The van der Waals surface area contributed by atoms with E-state index in [1.54, 1.807) is 0 Å². The number of nitrogens with one attached hydrogen (secondary N) is 1. The van der Waals surface area contributed by atoms with Crippen molar-refractivity contribution in [1.29, 1.82) is 0 Å². The average molecular weight is 245 g/mol. The zero-order valence-electron chi connectivity index (χ0n) is 11.0. The van der Waals surface area contributed by atoms with Crippen LogP contribution in [0.2, 0.25) is 0 Å². The average Bonchev–Trinajstić information content (AvgIpc) is 3.28. The molecule has 0 heterocycles. The molecule has 0 amide bonds. The fourth-order valence-corrected chi connectivity index (χ4v) is 2.83. The Kier molecular flexibility index (Phi) is 3.55. The Balaban J connectivity index is 1.25. The first-order valence-corrected chi connectivity index (χ1v) is 7.28. The molecule has 2 aliphatic rings. The number of ether oxygens (including phenoxy) is 1. The molecule has 0 unspecified atom stereocenters. The lowest BCUT2D eigenvalue weighted by Gasteiger charge is -2.15. The highest BCUT2D eigenvalue weighted by Crippen LogP contribution is 2.60. The van der Waals surface area contributed by atoms with Gasteiger partial charge < -0.3 is 10.1 Å². The molecular weight excluding hydrogens is 222 g/mol. The molecule has 2 saturated carbocycles. The molecule has 98 valence electrons. The summed E-state index contributed by atoms with van der Waals surface area (Å²) < 4.78 is 5.67. The Labute approximate surface area is 110 Å². The monoisotopic (exact) mass is 245 g/mol. The second-order valence-electron chi connectivity index (χ2n) is 5.83. The molecule has 2 aliphatic carbocycles. The van der Waals surface area contributed by atoms with Gasteiger partial charge in [0.2, 0.25) is 0 Å². The molecule has 0 aromatic heterocycles. The smallest absolute Gasteiger partial charge is 0.119 e. The minimum atomic E-state index is 0.723. The van der Waals surface area contributed by atoms with Crippen LogP contribution in [0, 0.1) is 11.3 Å². The summed E-state index contributed by atoms with van der Waals surface area (Å²) in [5, 5.41) is 3.62. The van der Waals surface area contributed by atoms with Crippen molar-refractivity contribution in [1.82, 2.24) is 5.32 Å². The van der Waals surface area contributed by atoms with Crippen LogP contribution in [0.3, 0.4) is 0 Å². The van der Waals surface area contributed by atoms with Crippen molar-refractivity contribution in [2.75, 3.05) is 19.7 Å². The van der Waals surface area contributed by atoms with Crippen LogP contribution in [-0.4, -0.2) is 19.7 Å². The van der Waals surface area contributed by atoms with Crippen LogP contribution in [0.25, 0.3) is 0 Å². The topological polar surface area (TPSA) is 21.3 Å². The Morgan fingerprint density at radius 3 is 2.61 bits per heavy atom. The van der Waals surface area contributed by atoms with Crippen LogP contribution in [0.5, 0.6) is 5.75 Å². The molecule has 1 N–H and O–H groups in total. The van der Waals surface area contributed by atoms with Crippen LogP contribution in [0.1, 0.15) is 32.1 Å². The minimum absolute atomic E-state index is 0.723. The van der Waals surface area contributed by atoms with Gasteiger partial charge in [-0.15, -0.1) is 0 Å². The van der Waals surface area contributed by atoms with E-state index in [9.17, 15) is 0 Å². The summed E-state index contributed by atoms with van der Waals surface area (Å²) in [6, 6.07) is 10.1. The van der Waals surface area contributed by atoms with Gasteiger partial charge in [0.25, 0.3) is 0 Å². The summed E-state index contributed by atoms with van der Waals surface area (Å²) in [6.07, 6.45) is 6.99. The summed E-state index contributed by atoms with van der Waals surface area (Å²) in [4.78, 5) is 0. The van der Waals surface area contributed by atoms with Crippen molar-refractivity contribution in [3.05, 3.63) is 30.3 Å². The number of para-hydroxylation sites is 1. The molecular formula is C16H23NO. The van der Waals surface area contributed by atoms with Crippen LogP contribution < -0.4 is 10.1 Å². The first-order chi connectivity index (χ1) is 8.89. The van der Waals surface area contributed by atoms with Crippen LogP contribution in [0.15, 0.2) is 30.3 Å². The van der Waals surface area contributed by atoms with E-state index in [0.29, 0.717) is 0 Å². The highest BCUT2D eigenvalue weighted by Gasteiger charge is 2.52. The van der Waals surface area contributed by atoms with E-state index in [1.807, 2.05) is 30.3 Å². The first-order valence-electron chi connectivity index (χ1n) is 7.28. The van der Waals surface area contributed by atoms with E-state index in [-0.39, 0.29) is 0 Å². The molecule has 0 radical (unpaired) electrons. The molecule has 1 aromatic carbocycles. The number of benzene rings is 1. The molecule has 1 aromatic rings. The van der Waals surface area contributed by atoms with Crippen LogP contribution in [0.4, 0.5) is 0 Å². The first kappa shape index (κ1) is 12.0. The maximum absolute atomic E-state index is 5.67. The van der Waals surface area contributed by atoms with Crippen molar-refractivity contribution < 1.29 is 4.74 Å². The molecule has 0 saturated heterocycles. The summed E-state index contributed by atoms with van der Waals surface area (Å²) in [5.74, 6) is 2.04. The largest absolute Gasteiger partial charge is 0.494 e. The quantitative estimate of drug-likeness (QED) is 0.710. The van der Waals surface area contributed by atoms with Gasteiger partial charge in [0.1, 0.15) is 5.75 Å². The van der Waals surface area contributed by atoms with E-state index in [2.05, 4.69) is 5.32 Å². The van der Waals surface area contributed by atoms with Gasteiger partial charge in [-0.25, -0.2) is 0 Å². The number of hydrogen-bond acceptors (Lipinski definition) is 2. The van der Waals surface area contributed by atoms with Crippen LogP contribution >= 0.6 is 0 Å². The predicted molar refractivity (Wildman–Crippen MR) is 73.8 cm³/mol.